The molecule has 0 radical (unpaired) electrons. The van der Waals surface area contributed by atoms with Gasteiger partial charge in [0.25, 0.3) is 0 Å². The summed E-state index contributed by atoms with van der Waals surface area (Å²) in [6.45, 7) is 1.48. The van der Waals surface area contributed by atoms with Crippen LogP contribution in [-0.2, 0) is 14.8 Å². The van der Waals surface area contributed by atoms with E-state index in [9.17, 15) is 13.2 Å². The fourth-order valence-electron chi connectivity index (χ4n) is 3.41. The second kappa shape index (κ2) is 8.28. The van der Waals surface area contributed by atoms with E-state index in [2.05, 4.69) is 10.8 Å². The molecular formula is C19H21N3O3S3. The van der Waals surface area contributed by atoms with Gasteiger partial charge in [-0.05, 0) is 36.4 Å². The van der Waals surface area contributed by atoms with Gasteiger partial charge in [0.2, 0.25) is 15.9 Å². The Morgan fingerprint density at radius 1 is 1.25 bits per heavy atom. The monoisotopic (exact) mass is 435 g/mol. The van der Waals surface area contributed by atoms with Crippen molar-refractivity contribution >= 4 is 48.8 Å². The molecule has 0 spiro atoms. The number of piperidine rings is 1. The molecule has 0 aliphatic carbocycles. The van der Waals surface area contributed by atoms with E-state index in [0.717, 1.165) is 41.2 Å². The van der Waals surface area contributed by atoms with Crippen LogP contribution in [0.3, 0.4) is 0 Å². The van der Waals surface area contributed by atoms with Crippen molar-refractivity contribution in [2.45, 2.75) is 29.4 Å². The van der Waals surface area contributed by atoms with Gasteiger partial charge in [-0.2, -0.15) is 0 Å². The summed E-state index contributed by atoms with van der Waals surface area (Å²) in [6, 6.07) is 11.3. The number of benzene rings is 1. The van der Waals surface area contributed by atoms with Crippen LogP contribution in [0.5, 0.6) is 0 Å². The minimum absolute atomic E-state index is 0.0142. The molecule has 28 heavy (non-hydrogen) atoms. The summed E-state index contributed by atoms with van der Waals surface area (Å²) < 4.78 is 28.2. The number of fused-ring (bicyclic) bond motifs is 1. The lowest BCUT2D eigenvalue weighted by molar-refractivity contribution is -0.132. The Balaban J connectivity index is 1.34. The molecule has 1 aliphatic rings. The lowest BCUT2D eigenvalue weighted by Gasteiger charge is -2.32. The fourth-order valence-corrected chi connectivity index (χ4v) is 6.57. The average Bonchev–Trinajstić information content (AvgIpc) is 3.38. The number of carbonyl (C=O) groups excluding carboxylic acids is 1. The lowest BCUT2D eigenvalue weighted by Crippen LogP contribution is -2.40. The van der Waals surface area contributed by atoms with E-state index in [1.807, 2.05) is 23.1 Å². The summed E-state index contributed by atoms with van der Waals surface area (Å²) in [5, 5.41) is 2.80. The molecule has 3 aromatic rings. The molecule has 1 aliphatic heterocycles. The highest BCUT2D eigenvalue weighted by atomic mass is 32.2. The van der Waals surface area contributed by atoms with Gasteiger partial charge < -0.3 is 4.90 Å². The van der Waals surface area contributed by atoms with E-state index in [0.29, 0.717) is 6.54 Å². The van der Waals surface area contributed by atoms with E-state index in [1.54, 1.807) is 28.8 Å². The van der Waals surface area contributed by atoms with Crippen LogP contribution in [0, 0.1) is 0 Å². The molecule has 0 saturated carbocycles. The molecule has 148 valence electrons. The van der Waals surface area contributed by atoms with Gasteiger partial charge in [0.1, 0.15) is 4.21 Å². The second-order valence-electron chi connectivity index (χ2n) is 6.78. The normalized spacial score (nSPS) is 17.9. The van der Waals surface area contributed by atoms with E-state index in [4.69, 9.17) is 4.98 Å². The first-order valence-electron chi connectivity index (χ1n) is 9.19. The molecule has 1 N–H and O–H groups in total. The second-order valence-corrected chi connectivity index (χ2v) is 10.8. The summed E-state index contributed by atoms with van der Waals surface area (Å²) >= 11 is 2.86. The lowest BCUT2D eigenvalue weighted by atomic mass is 9.98. The highest BCUT2D eigenvalue weighted by molar-refractivity contribution is 7.91. The number of nitrogens with zero attached hydrogens (tertiary/aromatic N) is 2. The molecule has 1 aromatic carbocycles. The first kappa shape index (κ1) is 19.5. The number of carbonyl (C=O) groups is 1. The van der Waals surface area contributed by atoms with Gasteiger partial charge in [-0.25, -0.2) is 18.1 Å². The zero-order valence-corrected chi connectivity index (χ0v) is 17.7. The Bertz CT molecular complexity index is 1030. The summed E-state index contributed by atoms with van der Waals surface area (Å²) in [4.78, 5) is 19.2. The van der Waals surface area contributed by atoms with Gasteiger partial charge >= 0.3 is 0 Å². The van der Waals surface area contributed by atoms with E-state index in [-0.39, 0.29) is 29.0 Å². The van der Waals surface area contributed by atoms with Crippen molar-refractivity contribution < 1.29 is 13.2 Å². The number of thiophene rings is 1. The van der Waals surface area contributed by atoms with Crippen LogP contribution in [0.1, 0.15) is 30.2 Å². The van der Waals surface area contributed by atoms with Crippen LogP contribution in [0.4, 0.5) is 0 Å². The molecule has 1 atom stereocenters. The summed E-state index contributed by atoms with van der Waals surface area (Å²) in [5.41, 5.74) is 1.01. The van der Waals surface area contributed by atoms with Crippen molar-refractivity contribution in [3.05, 3.63) is 46.8 Å². The minimum atomic E-state index is -3.52. The zero-order chi connectivity index (χ0) is 19.6. The Morgan fingerprint density at radius 2 is 2.11 bits per heavy atom. The van der Waals surface area contributed by atoms with E-state index >= 15 is 0 Å². The Labute approximate surface area is 172 Å². The molecule has 3 heterocycles. The molecule has 0 bridgehead atoms. The van der Waals surface area contributed by atoms with Crippen LogP contribution in [0.25, 0.3) is 10.2 Å². The number of aromatic nitrogens is 1. The van der Waals surface area contributed by atoms with Gasteiger partial charge in [-0.15, -0.1) is 22.7 Å². The Hall–Kier alpha value is -1.81. The van der Waals surface area contributed by atoms with Crippen molar-refractivity contribution in [1.29, 1.82) is 0 Å². The third-order valence-electron chi connectivity index (χ3n) is 4.82. The maximum atomic E-state index is 12.6. The molecule has 1 unspecified atom stereocenters. The van der Waals surface area contributed by atoms with Gasteiger partial charge in [0.05, 0.1) is 15.2 Å². The average molecular weight is 436 g/mol. The van der Waals surface area contributed by atoms with Crippen molar-refractivity contribution in [1.82, 2.24) is 14.6 Å². The summed E-state index contributed by atoms with van der Waals surface area (Å²) in [7, 11) is -3.52. The smallest absolute Gasteiger partial charge is 0.250 e. The third-order valence-corrected chi connectivity index (χ3v) is 8.88. The summed E-state index contributed by atoms with van der Waals surface area (Å²) in [5.74, 6) is 0.234. The number of amides is 1. The van der Waals surface area contributed by atoms with Gasteiger partial charge in [0.15, 0.2) is 0 Å². The van der Waals surface area contributed by atoms with Crippen molar-refractivity contribution in [2.24, 2.45) is 0 Å². The SMILES string of the molecule is O=C(CCNS(=O)(=O)c1cccs1)N1CCCC(c2nc3ccccc3s2)C1. The molecule has 1 fully saturated rings. The van der Waals surface area contributed by atoms with E-state index in [1.165, 1.54) is 4.70 Å². The van der Waals surface area contributed by atoms with Crippen LogP contribution in [0.2, 0.25) is 0 Å². The molecular weight excluding hydrogens is 414 g/mol. The highest BCUT2D eigenvalue weighted by Crippen LogP contribution is 2.33. The first-order chi connectivity index (χ1) is 13.5. The van der Waals surface area contributed by atoms with E-state index < -0.39 is 10.0 Å². The number of sulfonamides is 1. The predicted octanol–water partition coefficient (Wildman–Crippen LogP) is 3.43. The largest absolute Gasteiger partial charge is 0.342 e. The van der Waals surface area contributed by atoms with Crippen molar-refractivity contribution in [3.8, 4) is 0 Å². The van der Waals surface area contributed by atoms with Gasteiger partial charge in [-0.1, -0.05) is 18.2 Å². The van der Waals surface area contributed by atoms with Crippen LogP contribution in [0.15, 0.2) is 46.0 Å². The first-order valence-corrected chi connectivity index (χ1v) is 12.4. The quantitative estimate of drug-likeness (QED) is 0.643. The van der Waals surface area contributed by atoms with Crippen LogP contribution >= 0.6 is 22.7 Å². The van der Waals surface area contributed by atoms with Gasteiger partial charge in [0, 0.05) is 32.0 Å². The number of hydrogen-bond acceptors (Lipinski definition) is 6. The molecule has 1 saturated heterocycles. The van der Waals surface area contributed by atoms with Gasteiger partial charge in [-0.3, -0.25) is 4.79 Å². The maximum Gasteiger partial charge on any atom is 0.250 e. The molecule has 6 nitrogen and oxygen atoms in total. The standard InChI is InChI=1S/C19H21N3O3S3/c23-17(9-10-20-28(24,25)18-8-4-12-26-18)22-11-3-5-14(13-22)19-21-15-6-1-2-7-16(15)27-19/h1-2,4,6-8,12,14,20H,3,5,9-11,13H2. The minimum Gasteiger partial charge on any atom is -0.342 e. The van der Waals surface area contributed by atoms with Crippen molar-refractivity contribution in [3.63, 3.8) is 0 Å². The highest BCUT2D eigenvalue weighted by Gasteiger charge is 2.27. The topological polar surface area (TPSA) is 79.4 Å². The molecule has 9 heteroatoms. The predicted molar refractivity (Wildman–Crippen MR) is 112 cm³/mol. The number of para-hydroxylation sites is 1. The third kappa shape index (κ3) is 4.27. The molecule has 1 amide bonds. The maximum absolute atomic E-state index is 12.6. The number of likely N-dealkylation sites (tertiary alicyclic amines) is 1. The number of hydrogen-bond donors (Lipinski definition) is 1. The van der Waals surface area contributed by atoms with Crippen LogP contribution < -0.4 is 4.72 Å². The summed E-state index contributed by atoms with van der Waals surface area (Å²) in [6.07, 6.45) is 2.12. The number of nitrogens with one attached hydrogen (secondary N) is 1. The number of thiazole rings is 1. The van der Waals surface area contributed by atoms with Crippen molar-refractivity contribution in [2.75, 3.05) is 19.6 Å². The Kier molecular flexibility index (Phi) is 5.77. The number of rotatable bonds is 6. The molecule has 2 aromatic heterocycles. The fraction of sp³-hybridized carbons (Fsp3) is 0.368. The molecule has 4 rings (SSSR count). The Morgan fingerprint density at radius 3 is 2.89 bits per heavy atom. The zero-order valence-electron chi connectivity index (χ0n) is 15.2. The van der Waals surface area contributed by atoms with Crippen LogP contribution in [-0.4, -0.2) is 43.8 Å².